The number of rotatable bonds is 4. The maximum atomic E-state index is 11.8. The molecule has 18 heavy (non-hydrogen) atoms. The summed E-state index contributed by atoms with van der Waals surface area (Å²) in [7, 11) is 0. The van der Waals surface area contributed by atoms with Crippen molar-refractivity contribution < 1.29 is 19.4 Å². The van der Waals surface area contributed by atoms with Crippen LogP contribution in [-0.2, 0) is 14.3 Å². The zero-order valence-corrected chi connectivity index (χ0v) is 10.3. The lowest BCUT2D eigenvalue weighted by Gasteiger charge is -2.27. The number of hydrogen-bond donors (Lipinski definition) is 2. The molecule has 0 aromatic heterocycles. The number of nitrogens with one attached hydrogen (secondary N) is 1. The molecule has 0 aromatic rings. The van der Waals surface area contributed by atoms with Gasteiger partial charge in [0, 0.05) is 19.6 Å². The van der Waals surface area contributed by atoms with Crippen molar-refractivity contribution in [3.8, 4) is 0 Å². The molecule has 2 fully saturated rings. The Hall–Kier alpha value is -1.18. The topological polar surface area (TPSA) is 82.1 Å². The number of morpholine rings is 1. The van der Waals surface area contributed by atoms with E-state index in [4.69, 9.17) is 9.84 Å². The number of hydrazine groups is 1. The average molecular weight is 257 g/mol. The third-order valence-corrected chi connectivity index (χ3v) is 3.28. The first-order valence-corrected chi connectivity index (χ1v) is 6.22. The fraction of sp³-hybridized carbons (Fsp3) is 0.818. The largest absolute Gasteiger partial charge is 0.481 e. The van der Waals surface area contributed by atoms with Crippen LogP contribution in [0.15, 0.2) is 0 Å². The van der Waals surface area contributed by atoms with Gasteiger partial charge < -0.3 is 9.84 Å². The maximum Gasteiger partial charge on any atom is 0.307 e. The maximum absolute atomic E-state index is 11.8. The molecule has 0 saturated carbocycles. The van der Waals surface area contributed by atoms with Crippen molar-refractivity contribution in [2.75, 3.05) is 45.9 Å². The molecular formula is C11H19N3O4. The summed E-state index contributed by atoms with van der Waals surface area (Å²) >= 11 is 0. The second-order valence-electron chi connectivity index (χ2n) is 4.69. The van der Waals surface area contributed by atoms with Crippen LogP contribution in [-0.4, -0.2) is 72.8 Å². The summed E-state index contributed by atoms with van der Waals surface area (Å²) in [6, 6.07) is 0. The van der Waals surface area contributed by atoms with Crippen LogP contribution in [0.2, 0.25) is 0 Å². The summed E-state index contributed by atoms with van der Waals surface area (Å²) in [6.45, 7) is 4.06. The van der Waals surface area contributed by atoms with Crippen LogP contribution in [0, 0.1) is 5.92 Å². The Morgan fingerprint density at radius 2 is 2.00 bits per heavy atom. The summed E-state index contributed by atoms with van der Waals surface area (Å²) in [5.74, 6) is -1.18. The average Bonchev–Trinajstić information content (AvgIpc) is 2.78. The lowest BCUT2D eigenvalue weighted by Crippen LogP contribution is -2.50. The highest BCUT2D eigenvalue weighted by molar-refractivity contribution is 5.78. The minimum atomic E-state index is -0.772. The number of aliphatic carboxylic acids is 1. The Kier molecular flexibility index (Phi) is 4.51. The Bertz CT molecular complexity index is 317. The van der Waals surface area contributed by atoms with E-state index in [0.29, 0.717) is 45.8 Å². The molecule has 1 atom stereocenters. The molecule has 2 saturated heterocycles. The third kappa shape index (κ3) is 3.66. The van der Waals surface area contributed by atoms with Crippen LogP contribution in [0.4, 0.5) is 0 Å². The van der Waals surface area contributed by atoms with Crippen LogP contribution in [0.3, 0.4) is 0 Å². The van der Waals surface area contributed by atoms with E-state index in [1.165, 1.54) is 0 Å². The molecule has 2 aliphatic rings. The number of ether oxygens (including phenoxy) is 1. The first kappa shape index (κ1) is 13.3. The lowest BCUT2D eigenvalue weighted by atomic mass is 10.1. The van der Waals surface area contributed by atoms with Gasteiger partial charge >= 0.3 is 5.97 Å². The quantitative estimate of drug-likeness (QED) is 0.655. The highest BCUT2D eigenvalue weighted by atomic mass is 16.5. The van der Waals surface area contributed by atoms with Crippen molar-refractivity contribution >= 4 is 11.9 Å². The van der Waals surface area contributed by atoms with Crippen LogP contribution in [0.5, 0.6) is 0 Å². The van der Waals surface area contributed by atoms with Crippen molar-refractivity contribution in [3.05, 3.63) is 0 Å². The zero-order valence-electron chi connectivity index (χ0n) is 10.3. The number of carbonyl (C=O) groups is 2. The van der Waals surface area contributed by atoms with Crippen molar-refractivity contribution in [2.45, 2.75) is 6.42 Å². The SMILES string of the molecule is O=C(CN1CCC(C(=O)O)C1)NN1CCOCC1. The number of carboxylic acids is 1. The monoisotopic (exact) mass is 257 g/mol. The molecule has 0 spiro atoms. The standard InChI is InChI=1S/C11H19N3O4/c15-10(12-14-3-5-18-6-4-14)8-13-2-1-9(7-13)11(16)17/h9H,1-8H2,(H,12,15)(H,16,17). The van der Waals surface area contributed by atoms with Crippen LogP contribution >= 0.6 is 0 Å². The summed E-state index contributed by atoms with van der Waals surface area (Å²) in [5, 5.41) is 10.7. The molecule has 0 aliphatic carbocycles. The first-order chi connectivity index (χ1) is 8.65. The van der Waals surface area contributed by atoms with Gasteiger partial charge in [-0.05, 0) is 13.0 Å². The molecule has 2 heterocycles. The Balaban J connectivity index is 1.69. The van der Waals surface area contributed by atoms with Crippen molar-refractivity contribution in [3.63, 3.8) is 0 Å². The highest BCUT2D eigenvalue weighted by Crippen LogP contribution is 2.15. The van der Waals surface area contributed by atoms with Gasteiger partial charge in [-0.15, -0.1) is 0 Å². The third-order valence-electron chi connectivity index (χ3n) is 3.28. The second kappa shape index (κ2) is 6.12. The van der Waals surface area contributed by atoms with Crippen molar-refractivity contribution in [2.24, 2.45) is 5.92 Å². The summed E-state index contributed by atoms with van der Waals surface area (Å²) < 4.78 is 5.19. The van der Waals surface area contributed by atoms with E-state index < -0.39 is 5.97 Å². The number of carboxylic acid groups (broad SMARTS) is 1. The van der Waals surface area contributed by atoms with E-state index in [2.05, 4.69) is 5.43 Å². The van der Waals surface area contributed by atoms with E-state index >= 15 is 0 Å². The van der Waals surface area contributed by atoms with Gasteiger partial charge in [-0.1, -0.05) is 0 Å². The minimum Gasteiger partial charge on any atom is -0.481 e. The molecular weight excluding hydrogens is 238 g/mol. The fourth-order valence-electron chi connectivity index (χ4n) is 2.27. The molecule has 2 N–H and O–H groups in total. The van der Waals surface area contributed by atoms with E-state index in [1.54, 1.807) is 0 Å². The molecule has 7 nitrogen and oxygen atoms in total. The van der Waals surface area contributed by atoms with Gasteiger partial charge in [0.1, 0.15) is 0 Å². The van der Waals surface area contributed by atoms with E-state index in [9.17, 15) is 9.59 Å². The van der Waals surface area contributed by atoms with Crippen molar-refractivity contribution in [1.82, 2.24) is 15.3 Å². The molecule has 2 aliphatic heterocycles. The molecule has 102 valence electrons. The van der Waals surface area contributed by atoms with Gasteiger partial charge in [0.15, 0.2) is 0 Å². The van der Waals surface area contributed by atoms with Gasteiger partial charge in [-0.3, -0.25) is 19.9 Å². The number of hydrogen-bond acceptors (Lipinski definition) is 5. The molecule has 2 rings (SSSR count). The zero-order chi connectivity index (χ0) is 13.0. The van der Waals surface area contributed by atoms with E-state index in [0.717, 1.165) is 0 Å². The Morgan fingerprint density at radius 1 is 1.28 bits per heavy atom. The van der Waals surface area contributed by atoms with Gasteiger partial charge in [-0.25, -0.2) is 5.01 Å². The summed E-state index contributed by atoms with van der Waals surface area (Å²) in [6.07, 6.45) is 0.625. The Morgan fingerprint density at radius 3 is 2.61 bits per heavy atom. The van der Waals surface area contributed by atoms with E-state index in [1.807, 2.05) is 9.91 Å². The number of carbonyl (C=O) groups excluding carboxylic acids is 1. The number of likely N-dealkylation sites (tertiary alicyclic amines) is 1. The number of amides is 1. The van der Waals surface area contributed by atoms with E-state index in [-0.39, 0.29) is 18.4 Å². The van der Waals surface area contributed by atoms with Gasteiger partial charge in [-0.2, -0.15) is 0 Å². The van der Waals surface area contributed by atoms with Gasteiger partial charge in [0.2, 0.25) is 5.91 Å². The van der Waals surface area contributed by atoms with Crippen LogP contribution in [0.1, 0.15) is 6.42 Å². The first-order valence-electron chi connectivity index (χ1n) is 6.22. The molecule has 7 heteroatoms. The van der Waals surface area contributed by atoms with Crippen LogP contribution in [0.25, 0.3) is 0 Å². The molecule has 1 unspecified atom stereocenters. The lowest BCUT2D eigenvalue weighted by molar-refractivity contribution is -0.141. The molecule has 0 radical (unpaired) electrons. The normalized spacial score (nSPS) is 26.1. The van der Waals surface area contributed by atoms with Gasteiger partial charge in [0.05, 0.1) is 25.7 Å². The summed E-state index contributed by atoms with van der Waals surface area (Å²) in [5.41, 5.74) is 2.82. The Labute approximate surface area is 106 Å². The predicted octanol–water partition coefficient (Wildman–Crippen LogP) is -1.24. The highest BCUT2D eigenvalue weighted by Gasteiger charge is 2.29. The fourth-order valence-corrected chi connectivity index (χ4v) is 2.27. The second-order valence-corrected chi connectivity index (χ2v) is 4.69. The van der Waals surface area contributed by atoms with Gasteiger partial charge in [0.25, 0.3) is 0 Å². The minimum absolute atomic E-state index is 0.0806. The number of nitrogens with zero attached hydrogens (tertiary/aromatic N) is 2. The predicted molar refractivity (Wildman–Crippen MR) is 62.7 cm³/mol. The molecule has 1 amide bonds. The van der Waals surface area contributed by atoms with Crippen LogP contribution < -0.4 is 5.43 Å². The summed E-state index contributed by atoms with van der Waals surface area (Å²) in [4.78, 5) is 24.4. The molecule has 0 bridgehead atoms. The smallest absolute Gasteiger partial charge is 0.307 e. The van der Waals surface area contributed by atoms with Crippen molar-refractivity contribution in [1.29, 1.82) is 0 Å². The molecule has 0 aromatic carbocycles.